The van der Waals surface area contributed by atoms with Gasteiger partial charge in [-0.1, -0.05) is 82.7 Å². The molecule has 0 aliphatic carbocycles. The molecule has 0 saturated carbocycles. The Morgan fingerprint density at radius 2 is 1.50 bits per heavy atom. The molecule has 1 aromatic rings. The molecule has 0 bridgehead atoms. The normalized spacial score (nSPS) is 11.2. The standard InChI is InChI=1S/C18H31NO/c1-3-5-8-14-18(15-9-6-4-2)19-20-16-17-12-10-7-11-13-17/h7,10-13,18-19H,3-6,8-9,14-16H2,1-2H3. The molecule has 1 rings (SSSR count). The van der Waals surface area contributed by atoms with Crippen LogP contribution >= 0.6 is 0 Å². The Morgan fingerprint density at radius 3 is 2.05 bits per heavy atom. The summed E-state index contributed by atoms with van der Waals surface area (Å²) in [6.07, 6.45) is 10.3. The summed E-state index contributed by atoms with van der Waals surface area (Å²) in [4.78, 5) is 5.69. The molecule has 1 N–H and O–H groups in total. The maximum atomic E-state index is 5.69. The summed E-state index contributed by atoms with van der Waals surface area (Å²) in [5, 5.41) is 0. The zero-order chi connectivity index (χ0) is 14.5. The van der Waals surface area contributed by atoms with Crippen molar-refractivity contribution < 1.29 is 4.84 Å². The molecule has 0 aliphatic heterocycles. The van der Waals surface area contributed by atoms with Crippen molar-refractivity contribution in [3.63, 3.8) is 0 Å². The van der Waals surface area contributed by atoms with Crippen LogP contribution in [0.3, 0.4) is 0 Å². The lowest BCUT2D eigenvalue weighted by Gasteiger charge is -2.18. The molecule has 0 saturated heterocycles. The highest BCUT2D eigenvalue weighted by Crippen LogP contribution is 2.11. The molecule has 114 valence electrons. The maximum absolute atomic E-state index is 5.69. The highest BCUT2D eigenvalue weighted by atomic mass is 16.6. The van der Waals surface area contributed by atoms with Crippen LogP contribution in [0.15, 0.2) is 30.3 Å². The third kappa shape index (κ3) is 8.34. The molecule has 2 nitrogen and oxygen atoms in total. The summed E-state index contributed by atoms with van der Waals surface area (Å²) in [6, 6.07) is 10.9. The van der Waals surface area contributed by atoms with Gasteiger partial charge in [0.1, 0.15) is 0 Å². The van der Waals surface area contributed by atoms with Crippen molar-refractivity contribution in [2.24, 2.45) is 0 Å². The molecule has 0 aromatic heterocycles. The molecule has 0 radical (unpaired) electrons. The minimum Gasteiger partial charge on any atom is -0.297 e. The van der Waals surface area contributed by atoms with Gasteiger partial charge in [-0.15, -0.1) is 0 Å². The Kier molecular flexibility index (Phi) is 10.3. The van der Waals surface area contributed by atoms with Crippen molar-refractivity contribution in [1.29, 1.82) is 0 Å². The van der Waals surface area contributed by atoms with Crippen LogP contribution in [0, 0.1) is 0 Å². The number of hydroxylamine groups is 1. The average molecular weight is 277 g/mol. The Balaban J connectivity index is 2.23. The zero-order valence-corrected chi connectivity index (χ0v) is 13.2. The maximum Gasteiger partial charge on any atom is 0.0933 e. The van der Waals surface area contributed by atoms with Crippen LogP contribution in [0.25, 0.3) is 0 Å². The molecule has 0 unspecified atom stereocenters. The SMILES string of the molecule is CCCCCC(CCCCC)NOCc1ccccc1. The van der Waals surface area contributed by atoms with Crippen LogP contribution in [0.1, 0.15) is 70.8 Å². The zero-order valence-electron chi connectivity index (χ0n) is 13.2. The smallest absolute Gasteiger partial charge is 0.0933 e. The van der Waals surface area contributed by atoms with Gasteiger partial charge < -0.3 is 0 Å². The topological polar surface area (TPSA) is 21.3 Å². The van der Waals surface area contributed by atoms with Gasteiger partial charge in [0.05, 0.1) is 6.61 Å². The van der Waals surface area contributed by atoms with E-state index in [1.165, 1.54) is 56.9 Å². The van der Waals surface area contributed by atoms with Gasteiger partial charge in [0.25, 0.3) is 0 Å². The highest BCUT2D eigenvalue weighted by Gasteiger charge is 2.08. The van der Waals surface area contributed by atoms with E-state index in [1.807, 2.05) is 6.07 Å². The first-order chi connectivity index (χ1) is 9.86. The number of nitrogens with one attached hydrogen (secondary N) is 1. The summed E-state index contributed by atoms with van der Waals surface area (Å²) in [7, 11) is 0. The largest absolute Gasteiger partial charge is 0.297 e. The van der Waals surface area contributed by atoms with Gasteiger partial charge >= 0.3 is 0 Å². The van der Waals surface area contributed by atoms with Gasteiger partial charge in [-0.05, 0) is 18.4 Å². The van der Waals surface area contributed by atoms with E-state index in [2.05, 4.69) is 43.6 Å². The molecule has 0 spiro atoms. The van der Waals surface area contributed by atoms with Gasteiger partial charge in [0.15, 0.2) is 0 Å². The van der Waals surface area contributed by atoms with Crippen LogP contribution in [0.4, 0.5) is 0 Å². The summed E-state index contributed by atoms with van der Waals surface area (Å²) >= 11 is 0. The molecular weight excluding hydrogens is 246 g/mol. The van der Waals surface area contributed by atoms with Crippen molar-refractivity contribution in [3.05, 3.63) is 35.9 Å². The fourth-order valence-electron chi connectivity index (χ4n) is 2.36. The third-order valence-electron chi connectivity index (χ3n) is 3.64. The van der Waals surface area contributed by atoms with Crippen molar-refractivity contribution >= 4 is 0 Å². The minimum atomic E-state index is 0.511. The van der Waals surface area contributed by atoms with Crippen molar-refractivity contribution in [3.8, 4) is 0 Å². The van der Waals surface area contributed by atoms with E-state index in [9.17, 15) is 0 Å². The lowest BCUT2D eigenvalue weighted by molar-refractivity contribution is -0.00129. The molecule has 2 heteroatoms. The van der Waals surface area contributed by atoms with E-state index in [-0.39, 0.29) is 0 Å². The fourth-order valence-corrected chi connectivity index (χ4v) is 2.36. The van der Waals surface area contributed by atoms with Crippen LogP contribution in [0.2, 0.25) is 0 Å². The number of hydrogen-bond donors (Lipinski definition) is 1. The van der Waals surface area contributed by atoms with Crippen LogP contribution in [-0.4, -0.2) is 6.04 Å². The van der Waals surface area contributed by atoms with E-state index in [0.717, 1.165) is 0 Å². The first-order valence-electron chi connectivity index (χ1n) is 8.28. The Hall–Kier alpha value is -0.860. The summed E-state index contributed by atoms with van der Waals surface area (Å²) in [5.41, 5.74) is 4.51. The van der Waals surface area contributed by atoms with Gasteiger partial charge in [-0.2, -0.15) is 5.48 Å². The number of unbranched alkanes of at least 4 members (excludes halogenated alkanes) is 4. The first-order valence-corrected chi connectivity index (χ1v) is 8.28. The molecule has 0 amide bonds. The second-order valence-electron chi connectivity index (χ2n) is 5.58. The Morgan fingerprint density at radius 1 is 0.900 bits per heavy atom. The van der Waals surface area contributed by atoms with E-state index in [1.54, 1.807) is 0 Å². The second kappa shape index (κ2) is 11.9. The van der Waals surface area contributed by atoms with Gasteiger partial charge in [-0.3, -0.25) is 4.84 Å². The lowest BCUT2D eigenvalue weighted by atomic mass is 10.0. The van der Waals surface area contributed by atoms with Crippen molar-refractivity contribution in [1.82, 2.24) is 5.48 Å². The third-order valence-corrected chi connectivity index (χ3v) is 3.64. The fraction of sp³-hybridized carbons (Fsp3) is 0.667. The van der Waals surface area contributed by atoms with Crippen LogP contribution < -0.4 is 5.48 Å². The monoisotopic (exact) mass is 277 g/mol. The predicted octanol–water partition coefficient (Wildman–Crippen LogP) is 5.24. The molecular formula is C18H31NO. The lowest BCUT2D eigenvalue weighted by Crippen LogP contribution is -2.29. The van der Waals surface area contributed by atoms with Crippen LogP contribution in [0.5, 0.6) is 0 Å². The van der Waals surface area contributed by atoms with Gasteiger partial charge in [0.2, 0.25) is 0 Å². The molecule has 0 atom stereocenters. The molecule has 0 fully saturated rings. The minimum absolute atomic E-state index is 0.511. The summed E-state index contributed by atoms with van der Waals surface area (Å²) < 4.78 is 0. The predicted molar refractivity (Wildman–Crippen MR) is 86.4 cm³/mol. The van der Waals surface area contributed by atoms with Crippen molar-refractivity contribution in [2.45, 2.75) is 77.9 Å². The molecule has 1 aromatic carbocycles. The molecule has 20 heavy (non-hydrogen) atoms. The highest BCUT2D eigenvalue weighted by molar-refractivity contribution is 5.13. The Bertz CT molecular complexity index is 302. The van der Waals surface area contributed by atoms with E-state index >= 15 is 0 Å². The quantitative estimate of drug-likeness (QED) is 0.417. The average Bonchev–Trinajstić information content (AvgIpc) is 2.48. The Labute approximate surface area is 124 Å². The number of rotatable bonds is 12. The second-order valence-corrected chi connectivity index (χ2v) is 5.58. The van der Waals surface area contributed by atoms with E-state index < -0.39 is 0 Å². The molecule has 0 heterocycles. The van der Waals surface area contributed by atoms with E-state index in [0.29, 0.717) is 12.6 Å². The van der Waals surface area contributed by atoms with E-state index in [4.69, 9.17) is 4.84 Å². The summed E-state index contributed by atoms with van der Waals surface area (Å²) in [6.45, 7) is 5.16. The van der Waals surface area contributed by atoms with Gasteiger partial charge in [0, 0.05) is 6.04 Å². The number of benzene rings is 1. The first kappa shape index (κ1) is 17.2. The van der Waals surface area contributed by atoms with Crippen LogP contribution in [-0.2, 0) is 11.4 Å². The van der Waals surface area contributed by atoms with Gasteiger partial charge in [-0.25, -0.2) is 0 Å². The number of hydrogen-bond acceptors (Lipinski definition) is 2. The van der Waals surface area contributed by atoms with Crippen molar-refractivity contribution in [2.75, 3.05) is 0 Å². The summed E-state index contributed by atoms with van der Waals surface area (Å²) in [5.74, 6) is 0. The molecule has 0 aliphatic rings.